The smallest absolute Gasteiger partial charge is 0.142 e. The highest BCUT2D eigenvalue weighted by Gasteiger charge is 2.70. The van der Waals surface area contributed by atoms with Gasteiger partial charge in [-0.25, -0.2) is 9.97 Å². The molecular formula is C24H24BrN5O2. The molecule has 2 fully saturated rings. The molecule has 5 atom stereocenters. The lowest BCUT2D eigenvalue weighted by Crippen LogP contribution is -2.34. The quantitative estimate of drug-likeness (QED) is 0.345. The molecule has 4 aromatic rings. The molecule has 8 heteroatoms. The number of hydrogen-bond donors (Lipinski definition) is 4. The van der Waals surface area contributed by atoms with E-state index in [-0.39, 0.29) is 17.4 Å². The second kappa shape index (κ2) is 6.91. The average Bonchev–Trinajstić information content (AvgIpc) is 3.27. The number of nitrogen functional groups attached to an aromatic ring is 2. The Kier molecular flexibility index (Phi) is 4.31. The fraction of sp³-hybridized carbons (Fsp3) is 0.333. The monoisotopic (exact) mass is 493 g/mol. The lowest BCUT2D eigenvalue weighted by molar-refractivity contribution is -0.0191. The van der Waals surface area contributed by atoms with Crippen molar-refractivity contribution in [3.05, 3.63) is 58.8 Å². The van der Waals surface area contributed by atoms with Crippen molar-refractivity contribution in [2.75, 3.05) is 11.5 Å². The van der Waals surface area contributed by atoms with Crippen LogP contribution in [0.4, 0.5) is 11.5 Å². The zero-order valence-corrected chi connectivity index (χ0v) is 18.9. The maximum absolute atomic E-state index is 11.0. The number of benzene rings is 1. The summed E-state index contributed by atoms with van der Waals surface area (Å²) in [6.45, 7) is 0. The van der Waals surface area contributed by atoms with E-state index in [9.17, 15) is 10.2 Å². The molecule has 0 radical (unpaired) electrons. The number of rotatable bonds is 4. The first kappa shape index (κ1) is 20.0. The van der Waals surface area contributed by atoms with Crippen molar-refractivity contribution in [1.29, 1.82) is 0 Å². The van der Waals surface area contributed by atoms with Crippen LogP contribution in [0.2, 0.25) is 0 Å². The summed E-state index contributed by atoms with van der Waals surface area (Å²) in [7, 11) is 0. The molecule has 2 aliphatic carbocycles. The number of hydrogen-bond acceptors (Lipinski definition) is 6. The molecule has 3 heterocycles. The van der Waals surface area contributed by atoms with Gasteiger partial charge in [-0.15, -0.1) is 0 Å². The first-order valence-electron chi connectivity index (χ1n) is 10.8. The van der Waals surface area contributed by atoms with Gasteiger partial charge in [0.1, 0.15) is 17.6 Å². The molecule has 164 valence electrons. The Balaban J connectivity index is 1.26. The largest absolute Gasteiger partial charge is 0.398 e. The van der Waals surface area contributed by atoms with Crippen LogP contribution in [0.3, 0.4) is 0 Å². The summed E-state index contributed by atoms with van der Waals surface area (Å²) in [6.07, 6.45) is 4.52. The lowest BCUT2D eigenvalue weighted by atomic mass is 9.91. The Bertz CT molecular complexity index is 1370. The fourth-order valence-electron chi connectivity index (χ4n) is 5.76. The van der Waals surface area contributed by atoms with Crippen LogP contribution < -0.4 is 11.5 Å². The highest BCUT2D eigenvalue weighted by atomic mass is 79.9. The number of aromatic nitrogens is 3. The summed E-state index contributed by atoms with van der Waals surface area (Å²) < 4.78 is 2.79. The molecule has 0 bridgehead atoms. The molecule has 0 saturated heterocycles. The predicted octanol–water partition coefficient (Wildman–Crippen LogP) is 3.43. The summed E-state index contributed by atoms with van der Waals surface area (Å²) in [5, 5.41) is 23.9. The van der Waals surface area contributed by atoms with Gasteiger partial charge in [0.15, 0.2) is 0 Å². The SMILES string of the molecule is Nc1nc2cc(CC[C@@]34C[C@@H]3[C@@H](n3ccc5c(N)ccnc53)[C@H](O)[C@@H]4O)ccc2cc1Br. The fourth-order valence-corrected chi connectivity index (χ4v) is 6.10. The zero-order chi connectivity index (χ0) is 22.2. The number of anilines is 2. The van der Waals surface area contributed by atoms with E-state index in [2.05, 4.69) is 44.1 Å². The molecule has 0 unspecified atom stereocenters. The van der Waals surface area contributed by atoms with Crippen molar-refractivity contribution >= 4 is 49.4 Å². The van der Waals surface area contributed by atoms with Gasteiger partial charge in [0, 0.05) is 34.3 Å². The maximum atomic E-state index is 11.0. The van der Waals surface area contributed by atoms with Gasteiger partial charge < -0.3 is 26.2 Å². The van der Waals surface area contributed by atoms with Gasteiger partial charge in [0.25, 0.3) is 0 Å². The Labute approximate surface area is 193 Å². The molecule has 7 nitrogen and oxygen atoms in total. The summed E-state index contributed by atoms with van der Waals surface area (Å²) >= 11 is 3.42. The van der Waals surface area contributed by atoms with Crippen LogP contribution in [0.25, 0.3) is 21.9 Å². The maximum Gasteiger partial charge on any atom is 0.142 e. The van der Waals surface area contributed by atoms with Crippen LogP contribution in [-0.4, -0.2) is 37.0 Å². The van der Waals surface area contributed by atoms with E-state index in [0.29, 0.717) is 11.5 Å². The van der Waals surface area contributed by atoms with Crippen LogP contribution in [0, 0.1) is 11.3 Å². The number of fused-ring (bicyclic) bond motifs is 3. The van der Waals surface area contributed by atoms with Crippen molar-refractivity contribution in [2.24, 2.45) is 11.3 Å². The second-order valence-corrected chi connectivity index (χ2v) is 10.1. The number of aryl methyl sites for hydroxylation is 1. The number of pyridine rings is 2. The number of aliphatic hydroxyl groups is 2. The standard InChI is InChI=1S/C24H24BrN5O2/c25-16-10-13-2-1-12(9-18(13)29-22(16)27)3-6-24-11-15(24)19(20(31)21(24)32)30-8-5-14-17(26)4-7-28-23(14)30/h1-2,4-5,7-10,15,19-21,31-32H,3,6,11H2,(H2,26,28)(H2,27,29)/t15-,19-,20+,21+,24-/m1/s1. The van der Waals surface area contributed by atoms with Gasteiger partial charge in [-0.3, -0.25) is 0 Å². The lowest BCUT2D eigenvalue weighted by Gasteiger charge is -2.24. The normalized spacial score (nSPS) is 29.0. The van der Waals surface area contributed by atoms with E-state index in [0.717, 1.165) is 51.2 Å². The Morgan fingerprint density at radius 1 is 1.16 bits per heavy atom. The van der Waals surface area contributed by atoms with Gasteiger partial charge in [-0.05, 0) is 70.9 Å². The third kappa shape index (κ3) is 2.79. The van der Waals surface area contributed by atoms with Crippen molar-refractivity contribution < 1.29 is 10.2 Å². The second-order valence-electron chi connectivity index (χ2n) is 9.21. The van der Waals surface area contributed by atoms with E-state index >= 15 is 0 Å². The topological polar surface area (TPSA) is 123 Å². The summed E-state index contributed by atoms with van der Waals surface area (Å²) in [5.74, 6) is 0.678. The van der Waals surface area contributed by atoms with Crippen molar-refractivity contribution in [1.82, 2.24) is 14.5 Å². The van der Waals surface area contributed by atoms with Gasteiger partial charge in [0.05, 0.1) is 22.1 Å². The van der Waals surface area contributed by atoms with Crippen LogP contribution in [-0.2, 0) is 6.42 Å². The van der Waals surface area contributed by atoms with Gasteiger partial charge in [-0.1, -0.05) is 12.1 Å². The van der Waals surface area contributed by atoms with Gasteiger partial charge >= 0.3 is 0 Å². The first-order chi connectivity index (χ1) is 15.4. The average molecular weight is 494 g/mol. The minimum atomic E-state index is -0.831. The molecule has 6 N–H and O–H groups in total. The van der Waals surface area contributed by atoms with Crippen LogP contribution in [0.5, 0.6) is 0 Å². The third-order valence-electron chi connectivity index (χ3n) is 7.57. The van der Waals surface area contributed by atoms with E-state index in [1.165, 1.54) is 0 Å². The Hall–Kier alpha value is -2.68. The Morgan fingerprint density at radius 3 is 2.84 bits per heavy atom. The number of nitrogens with two attached hydrogens (primary N) is 2. The van der Waals surface area contributed by atoms with Crippen LogP contribution in [0.15, 0.2) is 53.3 Å². The third-order valence-corrected chi connectivity index (χ3v) is 8.20. The van der Waals surface area contributed by atoms with Gasteiger partial charge in [0.2, 0.25) is 0 Å². The number of aliphatic hydroxyl groups excluding tert-OH is 2. The minimum Gasteiger partial charge on any atom is -0.398 e. The van der Waals surface area contributed by atoms with E-state index in [4.69, 9.17) is 11.5 Å². The van der Waals surface area contributed by atoms with Crippen LogP contribution in [0.1, 0.15) is 24.4 Å². The summed E-state index contributed by atoms with van der Waals surface area (Å²) in [4.78, 5) is 8.96. The molecular weight excluding hydrogens is 470 g/mol. The molecule has 1 aromatic carbocycles. The van der Waals surface area contributed by atoms with Crippen molar-refractivity contribution in [3.63, 3.8) is 0 Å². The zero-order valence-electron chi connectivity index (χ0n) is 17.3. The van der Waals surface area contributed by atoms with Crippen molar-refractivity contribution in [3.8, 4) is 0 Å². The molecule has 6 rings (SSSR count). The molecule has 3 aromatic heterocycles. The van der Waals surface area contributed by atoms with Gasteiger partial charge in [-0.2, -0.15) is 0 Å². The number of halogens is 1. The summed E-state index contributed by atoms with van der Waals surface area (Å²) in [5.41, 5.74) is 15.2. The van der Waals surface area contributed by atoms with E-state index < -0.39 is 12.2 Å². The van der Waals surface area contributed by atoms with E-state index in [1.807, 2.05) is 22.9 Å². The van der Waals surface area contributed by atoms with Crippen LogP contribution >= 0.6 is 15.9 Å². The Morgan fingerprint density at radius 2 is 2.00 bits per heavy atom. The molecule has 0 spiro atoms. The first-order valence-corrected chi connectivity index (χ1v) is 11.6. The predicted molar refractivity (Wildman–Crippen MR) is 128 cm³/mol. The van der Waals surface area contributed by atoms with E-state index in [1.54, 1.807) is 12.3 Å². The van der Waals surface area contributed by atoms with Crippen molar-refractivity contribution in [2.45, 2.75) is 37.5 Å². The highest BCUT2D eigenvalue weighted by Crippen LogP contribution is 2.69. The molecule has 2 aliphatic rings. The molecule has 0 amide bonds. The highest BCUT2D eigenvalue weighted by molar-refractivity contribution is 9.10. The summed E-state index contributed by atoms with van der Waals surface area (Å²) in [6, 6.07) is 11.7. The molecule has 32 heavy (non-hydrogen) atoms. The molecule has 2 saturated carbocycles. The minimum absolute atomic E-state index is 0.202. The number of nitrogens with zero attached hydrogens (tertiary/aromatic N) is 3. The molecule has 0 aliphatic heterocycles.